The Bertz CT molecular complexity index is 633. The fourth-order valence-corrected chi connectivity index (χ4v) is 4.99. The average molecular weight is 435 g/mol. The van der Waals surface area contributed by atoms with Gasteiger partial charge in [-0.1, -0.05) is 73.1 Å². The average Bonchev–Trinajstić information content (AvgIpc) is 2.70. The zero-order valence-electron chi connectivity index (χ0n) is 21.1. The van der Waals surface area contributed by atoms with E-state index >= 15 is 0 Å². The van der Waals surface area contributed by atoms with Crippen molar-refractivity contribution in [2.45, 2.75) is 91.8 Å². The predicted molar refractivity (Wildman–Crippen MR) is 132 cm³/mol. The summed E-state index contributed by atoms with van der Waals surface area (Å²) in [5, 5.41) is 0.182. The molecule has 4 heteroatoms. The molecule has 0 saturated heterocycles. The topological polar surface area (TPSA) is 27.7 Å². The summed E-state index contributed by atoms with van der Waals surface area (Å²) in [6.45, 7) is 25.3. The molecule has 3 nitrogen and oxygen atoms in total. The number of rotatable bonds is 12. The molecule has 0 saturated carbocycles. The zero-order chi connectivity index (χ0) is 23.1. The summed E-state index contributed by atoms with van der Waals surface area (Å²) in [6.07, 6.45) is 3.32. The third-order valence-electron chi connectivity index (χ3n) is 6.97. The second-order valence-corrected chi connectivity index (χ2v) is 15.1. The van der Waals surface area contributed by atoms with Crippen molar-refractivity contribution in [1.29, 1.82) is 0 Å². The van der Waals surface area contributed by atoms with E-state index in [9.17, 15) is 0 Å². The summed E-state index contributed by atoms with van der Waals surface area (Å²) in [7, 11) is -0.206. The van der Waals surface area contributed by atoms with Gasteiger partial charge in [-0.3, -0.25) is 0 Å². The van der Waals surface area contributed by atoms with E-state index in [-0.39, 0.29) is 29.1 Å². The van der Waals surface area contributed by atoms with E-state index < -0.39 is 8.32 Å². The highest BCUT2D eigenvalue weighted by Crippen LogP contribution is 2.40. The minimum Gasteiger partial charge on any atom is -0.497 e. The molecule has 0 aliphatic carbocycles. The van der Waals surface area contributed by atoms with E-state index in [2.05, 4.69) is 80.3 Å². The highest BCUT2D eigenvalue weighted by molar-refractivity contribution is 6.74. The number of hydrogen-bond acceptors (Lipinski definition) is 3. The first-order chi connectivity index (χ1) is 13.9. The largest absolute Gasteiger partial charge is 0.497 e. The van der Waals surface area contributed by atoms with Crippen molar-refractivity contribution in [3.63, 3.8) is 0 Å². The summed E-state index contributed by atoms with van der Waals surface area (Å²) in [4.78, 5) is 0. The third-order valence-corrected chi connectivity index (χ3v) is 11.4. The van der Waals surface area contributed by atoms with E-state index in [1.807, 2.05) is 18.2 Å². The van der Waals surface area contributed by atoms with Gasteiger partial charge in [-0.2, -0.15) is 0 Å². The Balaban J connectivity index is 3.07. The van der Waals surface area contributed by atoms with Gasteiger partial charge in [0.15, 0.2) is 8.32 Å². The van der Waals surface area contributed by atoms with Gasteiger partial charge in [-0.05, 0) is 41.7 Å². The Labute approximate surface area is 187 Å². The Morgan fingerprint density at radius 2 is 1.60 bits per heavy atom. The normalized spacial score (nSPS) is 17.7. The Kier molecular flexibility index (Phi) is 10.3. The van der Waals surface area contributed by atoms with E-state index in [0.29, 0.717) is 12.5 Å². The standard InChI is InChI=1S/C26H46O3Si/c1-12-19(3)24(28-18-22-14-16-23(27-9)17-15-22)21(5)25(20(4)13-2)29-30(10,11)26(6,7)8/h12,14-17,19-21,24-25H,1,13,18H2,2-11H3/t19-,20-,21+,24-,25+/m0/s1. The minimum absolute atomic E-state index is 0.0494. The van der Waals surface area contributed by atoms with Crippen molar-refractivity contribution in [2.24, 2.45) is 17.8 Å². The lowest BCUT2D eigenvalue weighted by molar-refractivity contribution is -0.0647. The smallest absolute Gasteiger partial charge is 0.192 e. The molecule has 0 aliphatic rings. The molecular weight excluding hydrogens is 388 g/mol. The third kappa shape index (κ3) is 7.25. The molecule has 0 amide bonds. The van der Waals surface area contributed by atoms with Crippen LogP contribution in [0.25, 0.3) is 0 Å². The van der Waals surface area contributed by atoms with Crippen LogP contribution in [0.5, 0.6) is 5.75 Å². The van der Waals surface area contributed by atoms with Crippen molar-refractivity contribution in [3.05, 3.63) is 42.5 Å². The summed E-state index contributed by atoms with van der Waals surface area (Å²) in [5.41, 5.74) is 1.15. The van der Waals surface area contributed by atoms with Crippen LogP contribution in [0.1, 0.15) is 60.5 Å². The molecular formula is C26H46O3Si. The number of benzene rings is 1. The first-order valence-corrected chi connectivity index (χ1v) is 14.3. The molecule has 5 atom stereocenters. The molecule has 1 aromatic carbocycles. The van der Waals surface area contributed by atoms with Gasteiger partial charge in [0.05, 0.1) is 25.9 Å². The van der Waals surface area contributed by atoms with Crippen molar-refractivity contribution in [1.82, 2.24) is 0 Å². The molecule has 0 fully saturated rings. The molecule has 172 valence electrons. The van der Waals surface area contributed by atoms with Crippen LogP contribution in [0, 0.1) is 17.8 Å². The number of hydrogen-bond donors (Lipinski definition) is 0. The Morgan fingerprint density at radius 3 is 2.03 bits per heavy atom. The second-order valence-electron chi connectivity index (χ2n) is 10.3. The first-order valence-electron chi connectivity index (χ1n) is 11.4. The van der Waals surface area contributed by atoms with E-state index in [1.165, 1.54) is 0 Å². The lowest BCUT2D eigenvalue weighted by atomic mass is 9.83. The molecule has 0 spiro atoms. The second kappa shape index (κ2) is 11.5. The maximum atomic E-state index is 6.98. The lowest BCUT2D eigenvalue weighted by Crippen LogP contribution is -2.50. The Morgan fingerprint density at radius 1 is 1.03 bits per heavy atom. The van der Waals surface area contributed by atoms with E-state index in [1.54, 1.807) is 7.11 Å². The van der Waals surface area contributed by atoms with Crippen molar-refractivity contribution < 1.29 is 13.9 Å². The molecule has 0 unspecified atom stereocenters. The van der Waals surface area contributed by atoms with Crippen molar-refractivity contribution in [2.75, 3.05) is 7.11 Å². The minimum atomic E-state index is -1.89. The number of methoxy groups -OCH3 is 1. The van der Waals surface area contributed by atoms with Crippen LogP contribution in [0.3, 0.4) is 0 Å². The summed E-state index contributed by atoms with van der Waals surface area (Å²) >= 11 is 0. The van der Waals surface area contributed by atoms with Crippen LogP contribution >= 0.6 is 0 Å². The molecule has 1 rings (SSSR count). The fourth-order valence-electron chi connectivity index (χ4n) is 3.51. The maximum Gasteiger partial charge on any atom is 0.192 e. The zero-order valence-corrected chi connectivity index (χ0v) is 22.1. The lowest BCUT2D eigenvalue weighted by Gasteiger charge is -2.45. The molecule has 0 aliphatic heterocycles. The first kappa shape index (κ1) is 26.9. The molecule has 0 aromatic heterocycles. The van der Waals surface area contributed by atoms with Gasteiger partial charge in [0, 0.05) is 11.8 Å². The molecule has 0 N–H and O–H groups in total. The van der Waals surface area contributed by atoms with Crippen LogP contribution in [0.15, 0.2) is 36.9 Å². The van der Waals surface area contributed by atoms with Gasteiger partial charge in [0.25, 0.3) is 0 Å². The Hall–Kier alpha value is -1.10. The van der Waals surface area contributed by atoms with Crippen LogP contribution < -0.4 is 4.74 Å². The van der Waals surface area contributed by atoms with Gasteiger partial charge in [-0.25, -0.2) is 0 Å². The van der Waals surface area contributed by atoms with Crippen LogP contribution in [0.4, 0.5) is 0 Å². The van der Waals surface area contributed by atoms with Gasteiger partial charge in [-0.15, -0.1) is 6.58 Å². The summed E-state index contributed by atoms with van der Waals surface area (Å²) in [5.74, 6) is 1.84. The quantitative estimate of drug-likeness (QED) is 0.252. The van der Waals surface area contributed by atoms with Crippen molar-refractivity contribution >= 4 is 8.32 Å². The molecule has 0 heterocycles. The number of ether oxygens (including phenoxy) is 2. The predicted octanol–water partition coefficient (Wildman–Crippen LogP) is 7.48. The molecule has 0 bridgehead atoms. The van der Waals surface area contributed by atoms with Crippen molar-refractivity contribution in [3.8, 4) is 5.75 Å². The SMILES string of the molecule is C=C[C@H](C)[C@H](OCc1ccc(OC)cc1)[C@@H](C)[C@H](O[Si](C)(C)C(C)(C)C)[C@@H](C)CC. The van der Waals surface area contributed by atoms with E-state index in [0.717, 1.165) is 17.7 Å². The summed E-state index contributed by atoms with van der Waals surface area (Å²) in [6, 6.07) is 8.10. The molecule has 1 aromatic rings. The fraction of sp³-hybridized carbons (Fsp3) is 0.692. The van der Waals surface area contributed by atoms with Crippen LogP contribution in [0.2, 0.25) is 18.1 Å². The maximum absolute atomic E-state index is 6.98. The highest BCUT2D eigenvalue weighted by Gasteiger charge is 2.43. The molecule has 30 heavy (non-hydrogen) atoms. The van der Waals surface area contributed by atoms with Gasteiger partial charge in [0.2, 0.25) is 0 Å². The van der Waals surface area contributed by atoms with Gasteiger partial charge >= 0.3 is 0 Å². The highest BCUT2D eigenvalue weighted by atomic mass is 28.4. The van der Waals surface area contributed by atoms with Gasteiger partial charge in [0.1, 0.15) is 5.75 Å². The van der Waals surface area contributed by atoms with E-state index in [4.69, 9.17) is 13.9 Å². The van der Waals surface area contributed by atoms with Crippen LogP contribution in [-0.2, 0) is 15.8 Å². The summed E-state index contributed by atoms with van der Waals surface area (Å²) < 4.78 is 18.8. The molecule has 0 radical (unpaired) electrons. The van der Waals surface area contributed by atoms with Gasteiger partial charge < -0.3 is 13.9 Å². The monoisotopic (exact) mass is 434 g/mol. The van der Waals surface area contributed by atoms with Crippen LogP contribution in [-0.4, -0.2) is 27.6 Å².